The third-order valence-electron chi connectivity index (χ3n) is 6.36. The number of carbonyl (C=O) groups excluding carboxylic acids is 1. The number of rotatable bonds is 6. The molecule has 2 saturated heterocycles. The van der Waals surface area contributed by atoms with E-state index in [-0.39, 0.29) is 34.9 Å². The largest absolute Gasteiger partial charge is 0.336 e. The average molecular weight is 492 g/mol. The number of benzene rings is 2. The first-order valence-corrected chi connectivity index (χ1v) is 14.3. The minimum absolute atomic E-state index is 0.0269. The Morgan fingerprint density at radius 2 is 1.76 bits per heavy atom. The fraction of sp³-hybridized carbons (Fsp3) is 0.435. The maximum absolute atomic E-state index is 13.1. The number of nitrogens with one attached hydrogen (secondary N) is 1. The molecule has 2 aromatic rings. The smallest absolute Gasteiger partial charge is 0.253 e. The molecule has 2 heterocycles. The zero-order valence-electron chi connectivity index (χ0n) is 18.6. The number of aryl methyl sites for hydroxylation is 1. The van der Waals surface area contributed by atoms with Crippen LogP contribution >= 0.6 is 0 Å². The van der Waals surface area contributed by atoms with Gasteiger partial charge in [-0.15, -0.1) is 0 Å². The van der Waals surface area contributed by atoms with Crippen LogP contribution in [0.3, 0.4) is 0 Å². The summed E-state index contributed by atoms with van der Waals surface area (Å²) in [5, 5.41) is 0. The molecule has 0 radical (unpaired) electrons. The third-order valence-corrected chi connectivity index (χ3v) is 9.65. The zero-order valence-corrected chi connectivity index (χ0v) is 20.2. The van der Waals surface area contributed by atoms with E-state index < -0.39 is 19.9 Å². The molecule has 33 heavy (non-hydrogen) atoms. The summed E-state index contributed by atoms with van der Waals surface area (Å²) in [6.07, 6.45) is 0.644. The molecule has 2 fully saturated rings. The van der Waals surface area contributed by atoms with E-state index in [2.05, 4.69) is 9.62 Å². The van der Waals surface area contributed by atoms with Crippen molar-refractivity contribution in [3.63, 3.8) is 0 Å². The highest BCUT2D eigenvalue weighted by atomic mass is 32.2. The molecule has 0 saturated carbocycles. The van der Waals surface area contributed by atoms with Gasteiger partial charge in [0.2, 0.25) is 10.0 Å². The van der Waals surface area contributed by atoms with Gasteiger partial charge in [0.1, 0.15) is 0 Å². The van der Waals surface area contributed by atoms with Crippen LogP contribution in [0.1, 0.15) is 27.9 Å². The van der Waals surface area contributed by atoms with Gasteiger partial charge < -0.3 is 4.90 Å². The lowest BCUT2D eigenvalue weighted by atomic mass is 10.1. The fourth-order valence-corrected chi connectivity index (χ4v) is 7.46. The van der Waals surface area contributed by atoms with Crippen molar-refractivity contribution in [2.75, 3.05) is 37.7 Å². The lowest BCUT2D eigenvalue weighted by Crippen LogP contribution is -2.52. The molecule has 1 atom stereocenters. The van der Waals surface area contributed by atoms with E-state index in [0.29, 0.717) is 43.7 Å². The molecule has 1 N–H and O–H groups in total. The molecule has 10 heteroatoms. The average Bonchev–Trinajstić information content (AvgIpc) is 3.18. The van der Waals surface area contributed by atoms with E-state index in [1.165, 1.54) is 6.07 Å². The van der Waals surface area contributed by atoms with Crippen LogP contribution in [-0.2, 0) is 26.4 Å². The van der Waals surface area contributed by atoms with E-state index in [4.69, 9.17) is 0 Å². The molecule has 4 rings (SSSR count). The second kappa shape index (κ2) is 9.54. The summed E-state index contributed by atoms with van der Waals surface area (Å²) in [5.74, 6) is 0.208. The molecule has 1 amide bonds. The van der Waals surface area contributed by atoms with Gasteiger partial charge in [-0.2, -0.15) is 0 Å². The van der Waals surface area contributed by atoms with Crippen molar-refractivity contribution in [3.05, 3.63) is 65.2 Å². The molecule has 2 aromatic carbocycles. The van der Waals surface area contributed by atoms with Crippen LogP contribution in [0.2, 0.25) is 0 Å². The number of hydrogen-bond acceptors (Lipinski definition) is 6. The zero-order chi connectivity index (χ0) is 23.6. The van der Waals surface area contributed by atoms with Gasteiger partial charge in [0.15, 0.2) is 9.84 Å². The maximum atomic E-state index is 13.1. The summed E-state index contributed by atoms with van der Waals surface area (Å²) in [5.41, 5.74) is 1.75. The van der Waals surface area contributed by atoms with Gasteiger partial charge in [-0.05, 0) is 36.6 Å². The molecule has 178 valence electrons. The normalized spacial score (nSPS) is 21.2. The number of hydrogen-bond donors (Lipinski definition) is 1. The highest BCUT2D eigenvalue weighted by Gasteiger charge is 2.34. The second-order valence-electron chi connectivity index (χ2n) is 8.68. The van der Waals surface area contributed by atoms with E-state index in [0.717, 1.165) is 5.56 Å². The molecule has 0 bridgehead atoms. The topological polar surface area (TPSA) is 104 Å². The third kappa shape index (κ3) is 5.63. The van der Waals surface area contributed by atoms with Gasteiger partial charge in [-0.1, -0.05) is 36.4 Å². The van der Waals surface area contributed by atoms with Crippen molar-refractivity contribution >= 4 is 25.8 Å². The van der Waals surface area contributed by atoms with Gasteiger partial charge >= 0.3 is 0 Å². The first kappa shape index (κ1) is 23.9. The van der Waals surface area contributed by atoms with Crippen molar-refractivity contribution in [3.8, 4) is 0 Å². The first-order valence-electron chi connectivity index (χ1n) is 11.0. The van der Waals surface area contributed by atoms with Gasteiger partial charge in [0.05, 0.1) is 16.4 Å². The number of sulfonamides is 1. The standard InChI is InChI=1S/C23H29N3O5S2/c1-18-7-8-20(15-22(18)33(30,31)24-16-19-5-3-2-4-6-19)23(27)26-12-10-25(11-13-26)21-9-14-32(28,29)17-21/h2-8,15,21,24H,9-14,16-17H2,1H3/t21-/m0/s1. The number of nitrogens with zero attached hydrogens (tertiary/aromatic N) is 2. The Hall–Kier alpha value is -2.27. The van der Waals surface area contributed by atoms with Crippen molar-refractivity contribution in [2.45, 2.75) is 30.8 Å². The predicted octanol–water partition coefficient (Wildman–Crippen LogP) is 1.42. The minimum Gasteiger partial charge on any atom is -0.336 e. The van der Waals surface area contributed by atoms with Crippen LogP contribution in [0.15, 0.2) is 53.4 Å². The van der Waals surface area contributed by atoms with Gasteiger partial charge in [-0.25, -0.2) is 21.6 Å². The summed E-state index contributed by atoms with van der Waals surface area (Å²) >= 11 is 0. The molecule has 0 aliphatic carbocycles. The van der Waals surface area contributed by atoms with E-state index in [9.17, 15) is 21.6 Å². The van der Waals surface area contributed by atoms with Crippen LogP contribution in [0.25, 0.3) is 0 Å². The van der Waals surface area contributed by atoms with Crippen LogP contribution in [0, 0.1) is 6.92 Å². The Morgan fingerprint density at radius 1 is 1.06 bits per heavy atom. The monoisotopic (exact) mass is 491 g/mol. The highest BCUT2D eigenvalue weighted by molar-refractivity contribution is 7.91. The second-order valence-corrected chi connectivity index (χ2v) is 12.6. The predicted molar refractivity (Wildman–Crippen MR) is 126 cm³/mol. The first-order chi connectivity index (χ1) is 15.6. The van der Waals surface area contributed by atoms with Crippen LogP contribution in [0.5, 0.6) is 0 Å². The van der Waals surface area contributed by atoms with Crippen molar-refractivity contribution in [1.29, 1.82) is 0 Å². The number of sulfone groups is 1. The summed E-state index contributed by atoms with van der Waals surface area (Å²) in [7, 11) is -6.74. The summed E-state index contributed by atoms with van der Waals surface area (Å²) < 4.78 is 52.0. The molecule has 0 aromatic heterocycles. The summed E-state index contributed by atoms with van der Waals surface area (Å²) in [4.78, 5) is 17.0. The lowest BCUT2D eigenvalue weighted by Gasteiger charge is -2.37. The van der Waals surface area contributed by atoms with Crippen molar-refractivity contribution in [1.82, 2.24) is 14.5 Å². The van der Waals surface area contributed by atoms with Crippen molar-refractivity contribution < 1.29 is 21.6 Å². The fourth-order valence-electron chi connectivity index (χ4n) is 4.41. The Bertz CT molecular complexity index is 1220. The maximum Gasteiger partial charge on any atom is 0.253 e. The summed E-state index contributed by atoms with van der Waals surface area (Å²) in [6, 6.07) is 14.0. The Morgan fingerprint density at radius 3 is 2.39 bits per heavy atom. The molecule has 2 aliphatic rings. The number of piperazine rings is 1. The summed E-state index contributed by atoms with van der Waals surface area (Å²) in [6.45, 7) is 4.07. The molecular formula is C23H29N3O5S2. The van der Waals surface area contributed by atoms with Crippen molar-refractivity contribution in [2.24, 2.45) is 0 Å². The molecule has 0 unspecified atom stereocenters. The van der Waals surface area contributed by atoms with E-state index in [1.807, 2.05) is 30.3 Å². The Kier molecular flexibility index (Phi) is 6.90. The molecule has 8 nitrogen and oxygen atoms in total. The lowest BCUT2D eigenvalue weighted by molar-refractivity contribution is 0.0587. The highest BCUT2D eigenvalue weighted by Crippen LogP contribution is 2.22. The Labute approximate surface area is 195 Å². The van der Waals surface area contributed by atoms with E-state index in [1.54, 1.807) is 24.0 Å². The Balaban J connectivity index is 1.42. The minimum atomic E-state index is -3.79. The van der Waals surface area contributed by atoms with Gasteiger partial charge in [0.25, 0.3) is 5.91 Å². The van der Waals surface area contributed by atoms with Crippen LogP contribution in [-0.4, -0.2) is 76.3 Å². The molecule has 0 spiro atoms. The number of amides is 1. The quantitative estimate of drug-likeness (QED) is 0.656. The van der Waals surface area contributed by atoms with Gasteiger partial charge in [-0.3, -0.25) is 9.69 Å². The van der Waals surface area contributed by atoms with Crippen LogP contribution in [0.4, 0.5) is 0 Å². The van der Waals surface area contributed by atoms with E-state index >= 15 is 0 Å². The van der Waals surface area contributed by atoms with Crippen LogP contribution < -0.4 is 4.72 Å². The van der Waals surface area contributed by atoms with Gasteiger partial charge in [0, 0.05) is 44.3 Å². The number of carbonyl (C=O) groups is 1. The SMILES string of the molecule is Cc1ccc(C(=O)N2CCN([C@H]3CCS(=O)(=O)C3)CC2)cc1S(=O)(=O)NCc1ccccc1. The molecular weight excluding hydrogens is 462 g/mol. The molecule has 2 aliphatic heterocycles.